The van der Waals surface area contributed by atoms with Gasteiger partial charge in [-0.1, -0.05) is 12.1 Å². The van der Waals surface area contributed by atoms with Crippen LogP contribution in [0.25, 0.3) is 5.69 Å². The normalized spacial score (nSPS) is 14.8. The predicted octanol–water partition coefficient (Wildman–Crippen LogP) is 3.43. The molecule has 0 amide bonds. The third kappa shape index (κ3) is 3.62. The highest BCUT2D eigenvalue weighted by atomic mass is 32.2. The monoisotopic (exact) mass is 323 g/mol. The molecule has 0 fully saturated rings. The molecule has 0 saturated carbocycles. The molecule has 2 atom stereocenters. The molecule has 0 aliphatic carbocycles. The first-order valence-electron chi connectivity index (χ1n) is 7.19. The Morgan fingerprint density at radius 3 is 2.55 bits per heavy atom. The molecule has 1 aromatic heterocycles. The third-order valence-electron chi connectivity index (χ3n) is 3.34. The van der Waals surface area contributed by atoms with Crippen molar-refractivity contribution in [2.45, 2.75) is 45.4 Å². The van der Waals surface area contributed by atoms with Gasteiger partial charge in [-0.3, -0.25) is 0 Å². The third-order valence-corrected chi connectivity index (χ3v) is 5.02. The molecular formula is C16H22FN3OS. The largest absolute Gasteiger partial charge is 0.242 e. The fourth-order valence-corrected chi connectivity index (χ4v) is 2.86. The molecule has 0 aliphatic rings. The average molecular weight is 323 g/mol. The highest BCUT2D eigenvalue weighted by Gasteiger charge is 2.23. The van der Waals surface area contributed by atoms with Crippen molar-refractivity contribution in [1.29, 1.82) is 0 Å². The van der Waals surface area contributed by atoms with Crippen LogP contribution in [0.4, 0.5) is 4.39 Å². The molecule has 1 N–H and O–H groups in total. The predicted molar refractivity (Wildman–Crippen MR) is 87.7 cm³/mol. The van der Waals surface area contributed by atoms with Gasteiger partial charge in [0.1, 0.15) is 11.5 Å². The van der Waals surface area contributed by atoms with Crippen molar-refractivity contribution < 1.29 is 8.60 Å². The van der Waals surface area contributed by atoms with Crippen LogP contribution in [0.5, 0.6) is 0 Å². The van der Waals surface area contributed by atoms with Gasteiger partial charge < -0.3 is 0 Å². The second-order valence-corrected chi connectivity index (χ2v) is 8.28. The van der Waals surface area contributed by atoms with Crippen molar-refractivity contribution in [2.75, 3.05) is 0 Å². The van der Waals surface area contributed by atoms with E-state index in [1.54, 1.807) is 24.4 Å². The summed E-state index contributed by atoms with van der Waals surface area (Å²) in [6.45, 7) is 9.54. The summed E-state index contributed by atoms with van der Waals surface area (Å²) in [5.41, 5.74) is 2.09. The Morgan fingerprint density at radius 2 is 1.95 bits per heavy atom. The molecule has 2 rings (SSSR count). The molecule has 120 valence electrons. The van der Waals surface area contributed by atoms with E-state index in [4.69, 9.17) is 0 Å². The zero-order valence-corrected chi connectivity index (χ0v) is 14.4. The molecule has 0 radical (unpaired) electrons. The number of nitrogens with one attached hydrogen (secondary N) is 1. The highest BCUT2D eigenvalue weighted by molar-refractivity contribution is 7.84. The van der Waals surface area contributed by atoms with Gasteiger partial charge in [0.2, 0.25) is 0 Å². The number of halogens is 1. The number of hydrogen-bond acceptors (Lipinski definition) is 2. The summed E-state index contributed by atoms with van der Waals surface area (Å²) in [6, 6.07) is 6.36. The lowest BCUT2D eigenvalue weighted by Crippen LogP contribution is -2.34. The first kappa shape index (κ1) is 16.8. The van der Waals surface area contributed by atoms with Gasteiger partial charge in [0.15, 0.2) is 0 Å². The fraction of sp³-hybridized carbons (Fsp3) is 0.438. The minimum absolute atomic E-state index is 0.138. The molecule has 1 aromatic carbocycles. The Morgan fingerprint density at radius 1 is 1.32 bits per heavy atom. The SMILES string of the molecule is Cc1nn(-c2ccccc2F)cc1[C@@H](C)N[S@](=O)C(C)(C)C. The fourth-order valence-electron chi connectivity index (χ4n) is 2.06. The maximum atomic E-state index is 13.9. The minimum atomic E-state index is -1.18. The Bertz CT molecular complexity index is 691. The smallest absolute Gasteiger partial charge is 0.148 e. The van der Waals surface area contributed by atoms with Crippen molar-refractivity contribution in [3.63, 3.8) is 0 Å². The Kier molecular flexibility index (Phi) is 4.82. The number of hydrogen-bond donors (Lipinski definition) is 1. The van der Waals surface area contributed by atoms with Crippen LogP contribution in [0.3, 0.4) is 0 Å². The molecule has 4 nitrogen and oxygen atoms in total. The van der Waals surface area contributed by atoms with Gasteiger partial charge in [0, 0.05) is 17.8 Å². The Balaban J connectivity index is 2.27. The van der Waals surface area contributed by atoms with Crippen molar-refractivity contribution in [3.05, 3.63) is 47.5 Å². The van der Waals surface area contributed by atoms with Gasteiger partial charge in [-0.15, -0.1) is 0 Å². The van der Waals surface area contributed by atoms with E-state index in [9.17, 15) is 8.60 Å². The van der Waals surface area contributed by atoms with Gasteiger partial charge >= 0.3 is 0 Å². The van der Waals surface area contributed by atoms with Gasteiger partial charge in [0.25, 0.3) is 0 Å². The molecule has 0 bridgehead atoms. The maximum Gasteiger partial charge on any atom is 0.148 e. The van der Waals surface area contributed by atoms with Crippen LogP contribution < -0.4 is 4.72 Å². The van der Waals surface area contributed by atoms with Crippen LogP contribution in [0.2, 0.25) is 0 Å². The highest BCUT2D eigenvalue weighted by Crippen LogP contribution is 2.22. The van der Waals surface area contributed by atoms with Gasteiger partial charge in [-0.05, 0) is 46.8 Å². The molecular weight excluding hydrogens is 301 g/mol. The van der Waals surface area contributed by atoms with Gasteiger partial charge in [-0.25, -0.2) is 18.0 Å². The van der Waals surface area contributed by atoms with Crippen molar-refractivity contribution in [3.8, 4) is 5.69 Å². The van der Waals surface area contributed by atoms with Crippen LogP contribution >= 0.6 is 0 Å². The van der Waals surface area contributed by atoms with E-state index in [-0.39, 0.29) is 16.6 Å². The molecule has 2 aromatic rings. The standard InChI is InChI=1S/C16H22FN3OS/c1-11-13(12(2)19-22(21)16(3,4)5)10-20(18-11)15-9-7-6-8-14(15)17/h6-10,12,19H,1-5H3/t12-,22-/m1/s1. The quantitative estimate of drug-likeness (QED) is 0.937. The summed E-state index contributed by atoms with van der Waals surface area (Å²) in [7, 11) is -1.18. The summed E-state index contributed by atoms with van der Waals surface area (Å²) in [4.78, 5) is 0. The van der Waals surface area contributed by atoms with E-state index >= 15 is 0 Å². The average Bonchev–Trinajstić information content (AvgIpc) is 2.80. The summed E-state index contributed by atoms with van der Waals surface area (Å²) < 4.78 is 30.3. The zero-order chi connectivity index (χ0) is 16.5. The van der Waals surface area contributed by atoms with Crippen LogP contribution in [-0.4, -0.2) is 18.7 Å². The lowest BCUT2D eigenvalue weighted by atomic mass is 10.1. The van der Waals surface area contributed by atoms with Crippen LogP contribution in [0, 0.1) is 12.7 Å². The van der Waals surface area contributed by atoms with Crippen LogP contribution in [0.15, 0.2) is 30.5 Å². The van der Waals surface area contributed by atoms with Gasteiger partial charge in [0.05, 0.1) is 21.4 Å². The number of aromatic nitrogens is 2. The lowest BCUT2D eigenvalue weighted by molar-refractivity contribution is 0.609. The van der Waals surface area contributed by atoms with Crippen molar-refractivity contribution in [2.24, 2.45) is 0 Å². The van der Waals surface area contributed by atoms with E-state index in [1.807, 2.05) is 34.6 Å². The van der Waals surface area contributed by atoms with E-state index in [2.05, 4.69) is 9.82 Å². The molecule has 0 spiro atoms. The number of aryl methyl sites for hydroxylation is 1. The minimum Gasteiger partial charge on any atom is -0.242 e. The van der Waals surface area contributed by atoms with Crippen molar-refractivity contribution >= 4 is 11.0 Å². The summed E-state index contributed by atoms with van der Waals surface area (Å²) >= 11 is 0. The first-order valence-corrected chi connectivity index (χ1v) is 8.34. The lowest BCUT2D eigenvalue weighted by Gasteiger charge is -2.21. The Labute approximate surface area is 133 Å². The molecule has 6 heteroatoms. The summed E-state index contributed by atoms with van der Waals surface area (Å²) in [5, 5.41) is 4.37. The number of benzene rings is 1. The number of para-hydroxylation sites is 1. The van der Waals surface area contributed by atoms with Crippen LogP contribution in [0.1, 0.15) is 45.0 Å². The second kappa shape index (κ2) is 6.30. The molecule has 0 saturated heterocycles. The number of rotatable bonds is 4. The van der Waals surface area contributed by atoms with E-state index in [1.165, 1.54) is 10.7 Å². The van der Waals surface area contributed by atoms with Gasteiger partial charge in [-0.2, -0.15) is 5.10 Å². The maximum absolute atomic E-state index is 13.9. The molecule has 22 heavy (non-hydrogen) atoms. The first-order chi connectivity index (χ1) is 10.2. The van der Waals surface area contributed by atoms with E-state index < -0.39 is 11.0 Å². The second-order valence-electron chi connectivity index (χ2n) is 6.29. The zero-order valence-electron chi connectivity index (χ0n) is 13.6. The van der Waals surface area contributed by atoms with E-state index in [0.717, 1.165) is 11.3 Å². The van der Waals surface area contributed by atoms with E-state index in [0.29, 0.717) is 5.69 Å². The Hall–Kier alpha value is -1.53. The summed E-state index contributed by atoms with van der Waals surface area (Å²) in [5.74, 6) is -0.324. The van der Waals surface area contributed by atoms with Crippen molar-refractivity contribution in [1.82, 2.24) is 14.5 Å². The van der Waals surface area contributed by atoms with Crippen LogP contribution in [-0.2, 0) is 11.0 Å². The number of nitrogens with zero attached hydrogens (tertiary/aromatic N) is 2. The molecule has 0 unspecified atom stereocenters. The topological polar surface area (TPSA) is 46.9 Å². The summed E-state index contributed by atoms with van der Waals surface area (Å²) in [6.07, 6.45) is 1.78. The molecule has 0 aliphatic heterocycles. The molecule has 1 heterocycles.